The van der Waals surface area contributed by atoms with Crippen molar-refractivity contribution in [2.45, 2.75) is 123 Å². The highest BCUT2D eigenvalue weighted by molar-refractivity contribution is 9.10. The van der Waals surface area contributed by atoms with E-state index in [1.165, 1.54) is 5.56 Å². The lowest BCUT2D eigenvalue weighted by Gasteiger charge is -2.46. The average molecular weight is 544 g/mol. The van der Waals surface area contributed by atoms with Gasteiger partial charge in [-0.15, -0.1) is 0 Å². The number of rotatable bonds is 5. The maximum atomic E-state index is 7.10. The van der Waals surface area contributed by atoms with E-state index in [-0.39, 0.29) is 27.3 Å². The van der Waals surface area contributed by atoms with Crippen LogP contribution in [0.15, 0.2) is 28.7 Å². The molecule has 0 saturated carbocycles. The molecule has 1 aromatic carbocycles. The normalized spacial score (nSPS) is 21.3. The third kappa shape index (κ3) is 5.00. The predicted molar refractivity (Wildman–Crippen MR) is 145 cm³/mol. The highest BCUT2D eigenvalue weighted by atomic mass is 79.9. The van der Waals surface area contributed by atoms with Gasteiger partial charge in [0.25, 0.3) is 0 Å². The molecule has 1 aliphatic heterocycles. The van der Waals surface area contributed by atoms with Gasteiger partial charge in [0.05, 0.1) is 11.1 Å². The summed E-state index contributed by atoms with van der Waals surface area (Å²) in [4.78, 5) is 0. The Bertz CT molecular complexity index is 763. The monoisotopic (exact) mass is 542 g/mol. The fourth-order valence-electron chi connectivity index (χ4n) is 3.25. The van der Waals surface area contributed by atoms with Crippen molar-refractivity contribution in [3.8, 4) is 0 Å². The van der Waals surface area contributed by atoms with E-state index >= 15 is 0 Å². The van der Waals surface area contributed by atoms with Gasteiger partial charge in [-0.3, -0.25) is 0 Å². The number of benzene rings is 1. The minimum atomic E-state index is -2.09. The molecule has 1 saturated heterocycles. The maximum Gasteiger partial charge on any atom is 0.220 e. The van der Waals surface area contributed by atoms with Gasteiger partial charge in [0.1, 0.15) is 6.17 Å². The predicted octanol–water partition coefficient (Wildman–Crippen LogP) is 8.50. The van der Waals surface area contributed by atoms with Crippen LogP contribution in [0.3, 0.4) is 0 Å². The summed E-state index contributed by atoms with van der Waals surface area (Å²) in [6, 6.07) is 8.61. The first-order valence-corrected chi connectivity index (χ1v) is 18.4. The second kappa shape index (κ2) is 8.57. The van der Waals surface area contributed by atoms with Crippen molar-refractivity contribution in [1.29, 1.82) is 0 Å². The molecule has 0 bridgehead atoms. The Morgan fingerprint density at radius 1 is 0.719 bits per heavy atom. The first-order valence-electron chi connectivity index (χ1n) is 11.8. The van der Waals surface area contributed by atoms with Gasteiger partial charge in [-0.2, -0.15) is 10.1 Å². The Morgan fingerprint density at radius 2 is 1.03 bits per heavy atom. The van der Waals surface area contributed by atoms with Crippen LogP contribution in [0.2, 0.25) is 36.3 Å². The van der Waals surface area contributed by atoms with Crippen LogP contribution in [-0.4, -0.2) is 37.8 Å². The van der Waals surface area contributed by atoms with Gasteiger partial charge in [0, 0.05) is 4.47 Å². The molecule has 184 valence electrons. The molecule has 7 heteroatoms. The van der Waals surface area contributed by atoms with E-state index in [9.17, 15) is 0 Å². The quantitative estimate of drug-likeness (QED) is 0.348. The van der Waals surface area contributed by atoms with Crippen LogP contribution < -0.4 is 0 Å². The smallest absolute Gasteiger partial charge is 0.220 e. The lowest BCUT2D eigenvalue weighted by Crippen LogP contribution is -2.58. The van der Waals surface area contributed by atoms with Gasteiger partial charge in [-0.1, -0.05) is 69.6 Å². The second-order valence-electron chi connectivity index (χ2n) is 13.4. The minimum Gasteiger partial charge on any atom is -0.340 e. The second-order valence-corrected chi connectivity index (χ2v) is 23.7. The zero-order valence-corrected chi connectivity index (χ0v) is 26.6. The fourth-order valence-corrected chi connectivity index (χ4v) is 5.70. The summed E-state index contributed by atoms with van der Waals surface area (Å²) in [5, 5.41) is 4.73. The number of halogens is 1. The standard InChI is InChI=1S/C25H47BrN2O2Si2/c1-22(2,3)31(11,12)29-27-21(19-15-17-20(26)18-16-19)28(25(9,10)24(27,7)8)30-32(13,14)23(4,5)6/h15-18,21H,1-14H3. The maximum absolute atomic E-state index is 7.10. The molecule has 2 rings (SSSR count). The summed E-state index contributed by atoms with van der Waals surface area (Å²) in [5.74, 6) is 0. The van der Waals surface area contributed by atoms with E-state index in [1.807, 2.05) is 0 Å². The van der Waals surface area contributed by atoms with Crippen LogP contribution in [0.5, 0.6) is 0 Å². The minimum absolute atomic E-state index is 0.102. The summed E-state index contributed by atoms with van der Waals surface area (Å²) in [5.41, 5.74) is 0.634. The largest absolute Gasteiger partial charge is 0.340 e. The lowest BCUT2D eigenvalue weighted by molar-refractivity contribution is -0.204. The Kier molecular flexibility index (Phi) is 7.56. The van der Waals surface area contributed by atoms with E-state index in [4.69, 9.17) is 9.05 Å². The van der Waals surface area contributed by atoms with Crippen molar-refractivity contribution < 1.29 is 9.05 Å². The third-order valence-electron chi connectivity index (χ3n) is 8.48. The van der Waals surface area contributed by atoms with Crippen molar-refractivity contribution in [3.63, 3.8) is 0 Å². The van der Waals surface area contributed by atoms with E-state index in [1.54, 1.807) is 0 Å². The van der Waals surface area contributed by atoms with Crippen molar-refractivity contribution in [2.75, 3.05) is 0 Å². The SMILES string of the molecule is CC1(C)N(O[Si](C)(C)C(C)(C)C)C(c2ccc(Br)cc2)N(O[Si](C)(C)C(C)(C)C)C1(C)C. The van der Waals surface area contributed by atoms with Crippen molar-refractivity contribution in [2.24, 2.45) is 0 Å². The van der Waals surface area contributed by atoms with E-state index in [2.05, 4.69) is 146 Å². The van der Waals surface area contributed by atoms with E-state index < -0.39 is 16.6 Å². The lowest BCUT2D eigenvalue weighted by atomic mass is 9.84. The molecule has 0 N–H and O–H groups in total. The van der Waals surface area contributed by atoms with Gasteiger partial charge in [0.15, 0.2) is 0 Å². The number of hydrogen-bond donors (Lipinski definition) is 0. The number of hydrogen-bond acceptors (Lipinski definition) is 4. The molecule has 1 aromatic rings. The third-order valence-corrected chi connectivity index (χ3v) is 17.5. The molecule has 1 fully saturated rings. The summed E-state index contributed by atoms with van der Waals surface area (Å²) < 4.78 is 15.3. The number of hydroxylamine groups is 4. The zero-order chi connectivity index (χ0) is 25.1. The van der Waals surface area contributed by atoms with Gasteiger partial charge in [-0.05, 0) is 81.7 Å². The molecule has 4 nitrogen and oxygen atoms in total. The summed E-state index contributed by atoms with van der Waals surface area (Å²) in [6.07, 6.45) is -0.128. The molecule has 1 heterocycles. The van der Waals surface area contributed by atoms with Crippen molar-refractivity contribution in [1.82, 2.24) is 10.1 Å². The molecule has 0 aliphatic carbocycles. The van der Waals surface area contributed by atoms with E-state index in [0.29, 0.717) is 0 Å². The molecule has 0 aromatic heterocycles. The van der Waals surface area contributed by atoms with Gasteiger partial charge < -0.3 is 9.05 Å². The summed E-state index contributed by atoms with van der Waals surface area (Å²) in [7, 11) is -4.17. The van der Waals surface area contributed by atoms with E-state index in [0.717, 1.165) is 4.47 Å². The van der Waals surface area contributed by atoms with Crippen LogP contribution in [0.1, 0.15) is 81.0 Å². The molecule has 0 atom stereocenters. The summed E-state index contributed by atoms with van der Waals surface area (Å²) >= 11 is 3.60. The first-order chi connectivity index (χ1) is 14.1. The Morgan fingerprint density at radius 3 is 1.31 bits per heavy atom. The molecule has 0 spiro atoms. The fraction of sp³-hybridized carbons (Fsp3) is 0.760. The molecule has 0 unspecified atom stereocenters. The Balaban J connectivity index is 2.69. The van der Waals surface area contributed by atoms with Crippen LogP contribution >= 0.6 is 15.9 Å². The highest BCUT2D eigenvalue weighted by Crippen LogP contribution is 2.54. The number of nitrogens with zero attached hydrogens (tertiary/aromatic N) is 2. The van der Waals surface area contributed by atoms with Crippen molar-refractivity contribution >= 4 is 32.6 Å². The van der Waals surface area contributed by atoms with Gasteiger partial charge in [0.2, 0.25) is 16.6 Å². The highest BCUT2D eigenvalue weighted by Gasteiger charge is 2.63. The van der Waals surface area contributed by atoms with Crippen molar-refractivity contribution in [3.05, 3.63) is 34.3 Å². The first kappa shape index (κ1) is 28.2. The van der Waals surface area contributed by atoms with Gasteiger partial charge >= 0.3 is 0 Å². The van der Waals surface area contributed by atoms with Crippen LogP contribution in [0.4, 0.5) is 0 Å². The van der Waals surface area contributed by atoms with Crippen LogP contribution in [-0.2, 0) is 9.05 Å². The van der Waals surface area contributed by atoms with Crippen LogP contribution in [0, 0.1) is 0 Å². The molecule has 32 heavy (non-hydrogen) atoms. The molecule has 1 aliphatic rings. The van der Waals surface area contributed by atoms with Crippen LogP contribution in [0.25, 0.3) is 0 Å². The summed E-state index contributed by atoms with van der Waals surface area (Å²) in [6.45, 7) is 32.3. The molecular weight excluding hydrogens is 496 g/mol. The van der Waals surface area contributed by atoms with Gasteiger partial charge in [-0.25, -0.2) is 0 Å². The Hall–Kier alpha value is -0.0262. The molecular formula is C25H47BrN2O2Si2. The molecule has 0 radical (unpaired) electrons. The zero-order valence-electron chi connectivity index (χ0n) is 23.0. The average Bonchev–Trinajstić information content (AvgIpc) is 2.71. The topological polar surface area (TPSA) is 24.9 Å². The molecule has 0 amide bonds. The Labute approximate surface area is 208 Å².